The third-order valence-corrected chi connectivity index (χ3v) is 3.35. The van der Waals surface area contributed by atoms with E-state index in [0.717, 1.165) is 0 Å². The summed E-state index contributed by atoms with van der Waals surface area (Å²) in [5, 5.41) is 0.357. The largest absolute Gasteiger partial charge is 0.427 e. The summed E-state index contributed by atoms with van der Waals surface area (Å²) in [5.74, 6) is -0.619. The fourth-order valence-electron chi connectivity index (χ4n) is 2.12. The fourth-order valence-corrected chi connectivity index (χ4v) is 2.22. The second-order valence-electron chi connectivity index (χ2n) is 5.05. The van der Waals surface area contributed by atoms with Crippen molar-refractivity contribution in [3.05, 3.63) is 65.7 Å². The van der Waals surface area contributed by atoms with Crippen LogP contribution in [0.15, 0.2) is 54.9 Å². The maximum atomic E-state index is 14.3. The molecule has 0 fully saturated rings. The Balaban J connectivity index is 1.84. The molecule has 0 saturated heterocycles. The van der Waals surface area contributed by atoms with Crippen LogP contribution in [0, 0.1) is 5.82 Å². The molecule has 126 valence electrons. The van der Waals surface area contributed by atoms with Gasteiger partial charge in [0.25, 0.3) is 0 Å². The van der Waals surface area contributed by atoms with Gasteiger partial charge in [-0.15, -0.1) is 0 Å². The zero-order valence-corrected chi connectivity index (χ0v) is 13.8. The van der Waals surface area contributed by atoms with Crippen molar-refractivity contribution in [2.24, 2.45) is 0 Å². The van der Waals surface area contributed by atoms with Crippen molar-refractivity contribution in [1.82, 2.24) is 9.97 Å². The summed E-state index contributed by atoms with van der Waals surface area (Å²) in [6, 6.07) is 11.3. The molecule has 3 rings (SSSR count). The quantitative estimate of drug-likeness (QED) is 0.501. The highest BCUT2D eigenvalue weighted by atomic mass is 35.5. The smallest absolute Gasteiger partial charge is 0.322 e. The van der Waals surface area contributed by atoms with E-state index in [2.05, 4.69) is 9.97 Å². The molecule has 3 aromatic rings. The van der Waals surface area contributed by atoms with E-state index >= 15 is 0 Å². The van der Waals surface area contributed by atoms with Crippen molar-refractivity contribution >= 4 is 17.6 Å². The minimum Gasteiger partial charge on any atom is -0.427 e. The Morgan fingerprint density at radius 2 is 1.80 bits per heavy atom. The predicted octanol–water partition coefficient (Wildman–Crippen LogP) is 4.65. The Bertz CT molecular complexity index is 916. The maximum absolute atomic E-state index is 14.3. The molecule has 0 aliphatic rings. The summed E-state index contributed by atoms with van der Waals surface area (Å²) in [5.41, 5.74) is 1.31. The van der Waals surface area contributed by atoms with E-state index in [4.69, 9.17) is 21.1 Å². The van der Waals surface area contributed by atoms with Gasteiger partial charge in [-0.25, -0.2) is 14.4 Å². The average molecular weight is 359 g/mol. The Morgan fingerprint density at radius 3 is 2.48 bits per heavy atom. The lowest BCUT2D eigenvalue weighted by atomic mass is 10.1. The number of aromatic nitrogens is 2. The summed E-state index contributed by atoms with van der Waals surface area (Å²) in [6.07, 6.45) is 2.72. The van der Waals surface area contributed by atoms with Crippen molar-refractivity contribution in [2.45, 2.75) is 6.92 Å². The molecule has 2 aromatic carbocycles. The van der Waals surface area contributed by atoms with Gasteiger partial charge in [-0.1, -0.05) is 29.8 Å². The molecule has 0 N–H and O–H groups in total. The number of hydrogen-bond acceptors (Lipinski definition) is 5. The molecule has 0 atom stereocenters. The minimum absolute atomic E-state index is 0.00657. The molecule has 5 nitrogen and oxygen atoms in total. The highest BCUT2D eigenvalue weighted by Gasteiger charge is 2.10. The average Bonchev–Trinajstić information content (AvgIpc) is 2.58. The van der Waals surface area contributed by atoms with Crippen LogP contribution in [0.25, 0.3) is 11.1 Å². The van der Waals surface area contributed by atoms with Crippen molar-refractivity contribution in [1.29, 1.82) is 0 Å². The number of carbonyl (C=O) groups is 1. The minimum atomic E-state index is -0.575. The van der Waals surface area contributed by atoms with Gasteiger partial charge in [0.15, 0.2) is 11.6 Å². The van der Waals surface area contributed by atoms with Gasteiger partial charge in [0, 0.05) is 6.92 Å². The molecule has 0 bridgehead atoms. The van der Waals surface area contributed by atoms with Gasteiger partial charge in [0.1, 0.15) is 5.75 Å². The van der Waals surface area contributed by atoms with Crippen LogP contribution in [0.1, 0.15) is 6.92 Å². The molecule has 0 aliphatic carbocycles. The number of hydrogen-bond donors (Lipinski definition) is 0. The topological polar surface area (TPSA) is 61.3 Å². The van der Waals surface area contributed by atoms with E-state index in [9.17, 15) is 9.18 Å². The number of nitrogens with zero attached hydrogens (tertiary/aromatic N) is 2. The Morgan fingerprint density at radius 1 is 1.08 bits per heavy atom. The lowest BCUT2D eigenvalue weighted by Crippen LogP contribution is -2.01. The summed E-state index contributed by atoms with van der Waals surface area (Å²) < 4.78 is 24.7. The number of esters is 1. The van der Waals surface area contributed by atoms with Gasteiger partial charge < -0.3 is 9.47 Å². The molecule has 0 radical (unpaired) electrons. The van der Waals surface area contributed by atoms with Crippen LogP contribution in [-0.2, 0) is 4.79 Å². The second kappa shape index (κ2) is 7.27. The normalized spacial score (nSPS) is 10.4. The Kier molecular flexibility index (Phi) is 4.90. The fraction of sp³-hybridized carbons (Fsp3) is 0.0556. The summed E-state index contributed by atoms with van der Waals surface area (Å²) in [6.45, 7) is 1.32. The summed E-state index contributed by atoms with van der Waals surface area (Å²) in [7, 11) is 0. The van der Waals surface area contributed by atoms with Gasteiger partial charge in [0.2, 0.25) is 0 Å². The summed E-state index contributed by atoms with van der Waals surface area (Å²) >= 11 is 5.69. The molecule has 1 heterocycles. The van der Waals surface area contributed by atoms with Crippen LogP contribution in [0.2, 0.25) is 5.02 Å². The Labute approximate surface area is 148 Å². The zero-order chi connectivity index (χ0) is 17.8. The lowest BCUT2D eigenvalue weighted by Gasteiger charge is -2.08. The first-order valence-corrected chi connectivity index (χ1v) is 7.63. The van der Waals surface area contributed by atoms with Gasteiger partial charge in [-0.05, 0) is 35.4 Å². The number of benzene rings is 2. The van der Waals surface area contributed by atoms with Crippen molar-refractivity contribution in [3.63, 3.8) is 0 Å². The first kappa shape index (κ1) is 16.9. The molecule has 0 unspecified atom stereocenters. The maximum Gasteiger partial charge on any atom is 0.322 e. The van der Waals surface area contributed by atoms with Crippen LogP contribution >= 0.6 is 11.6 Å². The highest BCUT2D eigenvalue weighted by molar-refractivity contribution is 6.30. The van der Waals surface area contributed by atoms with Gasteiger partial charge >= 0.3 is 12.0 Å². The molecule has 0 saturated carbocycles. The van der Waals surface area contributed by atoms with E-state index in [1.54, 1.807) is 30.3 Å². The lowest BCUT2D eigenvalue weighted by molar-refractivity contribution is -0.131. The molecular formula is C18H12ClFN2O3. The molecule has 7 heteroatoms. The number of carbonyl (C=O) groups excluding carboxylic acids is 1. The second-order valence-corrected chi connectivity index (χ2v) is 5.49. The van der Waals surface area contributed by atoms with E-state index in [1.165, 1.54) is 31.5 Å². The van der Waals surface area contributed by atoms with Crippen LogP contribution in [0.4, 0.5) is 4.39 Å². The molecule has 0 amide bonds. The van der Waals surface area contributed by atoms with Gasteiger partial charge in [0.05, 0.1) is 17.4 Å². The van der Waals surface area contributed by atoms with E-state index in [0.29, 0.717) is 21.9 Å². The van der Waals surface area contributed by atoms with Gasteiger partial charge in [-0.2, -0.15) is 0 Å². The van der Waals surface area contributed by atoms with E-state index in [-0.39, 0.29) is 11.8 Å². The molecule has 25 heavy (non-hydrogen) atoms. The molecule has 0 spiro atoms. The molecule has 0 aliphatic heterocycles. The third kappa shape index (κ3) is 4.30. The van der Waals surface area contributed by atoms with Gasteiger partial charge in [-0.3, -0.25) is 4.79 Å². The van der Waals surface area contributed by atoms with Crippen molar-refractivity contribution in [3.8, 4) is 28.6 Å². The van der Waals surface area contributed by atoms with Crippen LogP contribution in [-0.4, -0.2) is 15.9 Å². The van der Waals surface area contributed by atoms with Crippen LogP contribution in [0.5, 0.6) is 17.5 Å². The summed E-state index contributed by atoms with van der Waals surface area (Å²) in [4.78, 5) is 18.7. The van der Waals surface area contributed by atoms with Crippen molar-refractivity contribution < 1.29 is 18.7 Å². The SMILES string of the molecule is CC(=O)Oc1cccc(-c2ccc(Oc3ncc(Cl)cn3)c(F)c2)c1. The number of halogens is 2. The first-order valence-electron chi connectivity index (χ1n) is 7.25. The van der Waals surface area contributed by atoms with Crippen molar-refractivity contribution in [2.75, 3.05) is 0 Å². The standard InChI is InChI=1S/C18H12ClFN2O3/c1-11(23)24-15-4-2-3-12(7-15)13-5-6-17(16(20)8-13)25-18-21-9-14(19)10-22-18/h2-10H,1H3. The first-order chi connectivity index (χ1) is 12.0. The monoisotopic (exact) mass is 358 g/mol. The highest BCUT2D eigenvalue weighted by Crippen LogP contribution is 2.29. The molecular weight excluding hydrogens is 347 g/mol. The third-order valence-electron chi connectivity index (χ3n) is 3.16. The number of ether oxygens (including phenoxy) is 2. The molecule has 1 aromatic heterocycles. The van der Waals surface area contributed by atoms with E-state index < -0.39 is 11.8 Å². The zero-order valence-electron chi connectivity index (χ0n) is 13.1. The number of rotatable bonds is 4. The van der Waals surface area contributed by atoms with Crippen LogP contribution in [0.3, 0.4) is 0 Å². The van der Waals surface area contributed by atoms with Crippen LogP contribution < -0.4 is 9.47 Å². The predicted molar refractivity (Wildman–Crippen MR) is 90.3 cm³/mol. The Hall–Kier alpha value is -2.99. The van der Waals surface area contributed by atoms with E-state index in [1.807, 2.05) is 0 Å².